The highest BCUT2D eigenvalue weighted by molar-refractivity contribution is 7.89. The van der Waals surface area contributed by atoms with E-state index in [1.807, 2.05) is 0 Å². The van der Waals surface area contributed by atoms with Gasteiger partial charge in [0, 0.05) is 25.2 Å². The zero-order valence-corrected chi connectivity index (χ0v) is 16.5. The van der Waals surface area contributed by atoms with Crippen molar-refractivity contribution in [3.63, 3.8) is 0 Å². The molecular weight excluding hydrogens is 372 g/mol. The van der Waals surface area contributed by atoms with Crippen LogP contribution in [0.25, 0.3) is 0 Å². The van der Waals surface area contributed by atoms with E-state index in [4.69, 9.17) is 9.47 Å². The molecule has 1 aliphatic rings. The van der Waals surface area contributed by atoms with Gasteiger partial charge >= 0.3 is 5.97 Å². The Bertz CT molecular complexity index is 772. The number of rotatable bonds is 8. The van der Waals surface area contributed by atoms with E-state index in [9.17, 15) is 18.0 Å². The molecule has 27 heavy (non-hydrogen) atoms. The van der Waals surface area contributed by atoms with Crippen molar-refractivity contribution in [2.45, 2.75) is 43.9 Å². The van der Waals surface area contributed by atoms with E-state index in [1.54, 1.807) is 13.0 Å². The second-order valence-corrected chi connectivity index (χ2v) is 8.09. The monoisotopic (exact) mass is 398 g/mol. The van der Waals surface area contributed by atoms with Gasteiger partial charge in [0.2, 0.25) is 15.9 Å². The Balaban J connectivity index is 2.14. The van der Waals surface area contributed by atoms with Crippen LogP contribution in [0.15, 0.2) is 23.1 Å². The van der Waals surface area contributed by atoms with Gasteiger partial charge in [-0.25, -0.2) is 8.42 Å². The third-order valence-electron chi connectivity index (χ3n) is 4.24. The maximum absolute atomic E-state index is 13.0. The Morgan fingerprint density at radius 2 is 1.85 bits per heavy atom. The third-order valence-corrected chi connectivity index (χ3v) is 6.16. The number of methoxy groups -OCH3 is 1. The van der Waals surface area contributed by atoms with Crippen LogP contribution in [-0.4, -0.2) is 51.4 Å². The van der Waals surface area contributed by atoms with Gasteiger partial charge in [-0.15, -0.1) is 0 Å². The van der Waals surface area contributed by atoms with Crippen molar-refractivity contribution in [1.29, 1.82) is 0 Å². The van der Waals surface area contributed by atoms with Crippen LogP contribution < -0.4 is 10.1 Å². The molecular formula is C18H26N2O6S. The largest absolute Gasteiger partial charge is 0.495 e. The van der Waals surface area contributed by atoms with Gasteiger partial charge in [-0.2, -0.15) is 4.31 Å². The molecule has 1 aromatic rings. The van der Waals surface area contributed by atoms with Gasteiger partial charge in [0.25, 0.3) is 0 Å². The fourth-order valence-electron chi connectivity index (χ4n) is 2.87. The molecule has 9 heteroatoms. The maximum Gasteiger partial charge on any atom is 0.306 e. The van der Waals surface area contributed by atoms with Crippen LogP contribution in [0.5, 0.6) is 5.75 Å². The highest BCUT2D eigenvalue weighted by atomic mass is 32.2. The predicted molar refractivity (Wildman–Crippen MR) is 100 cm³/mol. The summed E-state index contributed by atoms with van der Waals surface area (Å²) in [5, 5.41) is 2.62. The average Bonchev–Trinajstić information content (AvgIpc) is 2.67. The fourth-order valence-corrected chi connectivity index (χ4v) is 4.57. The van der Waals surface area contributed by atoms with E-state index in [0.29, 0.717) is 18.8 Å². The highest BCUT2D eigenvalue weighted by Crippen LogP contribution is 2.31. The SMILES string of the molecule is CCOC(=O)CCC(=O)Nc1ccc(OC)c(S(=O)(=O)N2CCCCC2)c1. The number of carbonyl (C=O) groups excluding carboxylic acids is 2. The number of ether oxygens (including phenoxy) is 2. The normalized spacial score (nSPS) is 15.2. The molecule has 1 fully saturated rings. The van der Waals surface area contributed by atoms with Crippen LogP contribution in [0, 0.1) is 0 Å². The summed E-state index contributed by atoms with van der Waals surface area (Å²) in [7, 11) is -2.31. The summed E-state index contributed by atoms with van der Waals surface area (Å²) < 4.78 is 37.4. The lowest BCUT2D eigenvalue weighted by atomic mass is 10.2. The van der Waals surface area contributed by atoms with Gasteiger partial charge in [-0.1, -0.05) is 6.42 Å². The molecule has 1 aromatic carbocycles. The second-order valence-electron chi connectivity index (χ2n) is 6.18. The molecule has 1 N–H and O–H groups in total. The molecule has 1 heterocycles. The van der Waals surface area contributed by atoms with E-state index in [-0.39, 0.29) is 30.1 Å². The van der Waals surface area contributed by atoms with E-state index < -0.39 is 21.9 Å². The molecule has 0 saturated carbocycles. The topological polar surface area (TPSA) is 102 Å². The van der Waals surface area contributed by atoms with Gasteiger partial charge in [0.05, 0.1) is 20.1 Å². The number of nitrogens with zero attached hydrogens (tertiary/aromatic N) is 1. The number of amides is 1. The molecule has 0 aromatic heterocycles. The number of nitrogens with one attached hydrogen (secondary N) is 1. The number of sulfonamides is 1. The van der Waals surface area contributed by atoms with E-state index >= 15 is 0 Å². The second kappa shape index (κ2) is 9.70. The first-order valence-electron chi connectivity index (χ1n) is 9.02. The summed E-state index contributed by atoms with van der Waals surface area (Å²) in [6.45, 7) is 2.90. The van der Waals surface area contributed by atoms with E-state index in [1.165, 1.54) is 23.5 Å². The number of piperidine rings is 1. The first-order valence-corrected chi connectivity index (χ1v) is 10.5. The quantitative estimate of drug-likeness (QED) is 0.673. The Kier molecular flexibility index (Phi) is 7.61. The molecule has 1 amide bonds. The van der Waals surface area contributed by atoms with Crippen molar-refractivity contribution in [2.24, 2.45) is 0 Å². The minimum Gasteiger partial charge on any atom is -0.495 e. The van der Waals surface area contributed by atoms with Crippen LogP contribution in [-0.2, 0) is 24.3 Å². The minimum atomic E-state index is -3.71. The minimum absolute atomic E-state index is 0.0232. The summed E-state index contributed by atoms with van der Waals surface area (Å²) in [4.78, 5) is 23.4. The molecule has 2 rings (SSSR count). The molecule has 0 bridgehead atoms. The molecule has 0 spiro atoms. The van der Waals surface area contributed by atoms with Crippen LogP contribution >= 0.6 is 0 Å². The Morgan fingerprint density at radius 3 is 2.48 bits per heavy atom. The summed E-state index contributed by atoms with van der Waals surface area (Å²) in [6, 6.07) is 4.47. The molecule has 0 unspecified atom stereocenters. The molecule has 0 aliphatic carbocycles. The van der Waals surface area contributed by atoms with Crippen molar-refractivity contribution in [3.05, 3.63) is 18.2 Å². The van der Waals surface area contributed by atoms with Crippen LogP contribution in [0.3, 0.4) is 0 Å². The molecule has 8 nitrogen and oxygen atoms in total. The number of hydrogen-bond acceptors (Lipinski definition) is 6. The van der Waals surface area contributed by atoms with Gasteiger partial charge in [0.1, 0.15) is 10.6 Å². The number of hydrogen-bond donors (Lipinski definition) is 1. The average molecular weight is 398 g/mol. The number of anilines is 1. The first kappa shape index (κ1) is 21.2. The lowest BCUT2D eigenvalue weighted by Gasteiger charge is -2.26. The smallest absolute Gasteiger partial charge is 0.306 e. The Hall–Kier alpha value is -2.13. The standard InChI is InChI=1S/C18H26N2O6S/c1-3-26-18(22)10-9-17(21)19-14-7-8-15(25-2)16(13-14)27(23,24)20-11-5-4-6-12-20/h7-8,13H,3-6,9-12H2,1-2H3,(H,19,21). The van der Waals surface area contributed by atoms with E-state index in [0.717, 1.165) is 19.3 Å². The number of benzene rings is 1. The van der Waals surface area contributed by atoms with Gasteiger partial charge in [-0.05, 0) is 38.0 Å². The van der Waals surface area contributed by atoms with Crippen LogP contribution in [0.2, 0.25) is 0 Å². The van der Waals surface area contributed by atoms with Gasteiger partial charge < -0.3 is 14.8 Å². The Labute approximate surface area is 159 Å². The van der Waals surface area contributed by atoms with Gasteiger partial charge in [0.15, 0.2) is 0 Å². The molecule has 150 valence electrons. The van der Waals surface area contributed by atoms with Crippen molar-refractivity contribution in [2.75, 3.05) is 32.1 Å². The van der Waals surface area contributed by atoms with Crippen molar-refractivity contribution in [3.8, 4) is 5.75 Å². The predicted octanol–water partition coefficient (Wildman–Crippen LogP) is 2.15. The lowest BCUT2D eigenvalue weighted by Crippen LogP contribution is -2.35. The first-order chi connectivity index (χ1) is 12.9. The summed E-state index contributed by atoms with van der Waals surface area (Å²) in [5.41, 5.74) is 0.334. The fraction of sp³-hybridized carbons (Fsp3) is 0.556. The van der Waals surface area contributed by atoms with Crippen LogP contribution in [0.1, 0.15) is 39.0 Å². The molecule has 0 radical (unpaired) electrons. The number of carbonyl (C=O) groups is 2. The zero-order valence-electron chi connectivity index (χ0n) is 15.7. The molecule has 1 saturated heterocycles. The summed E-state index contributed by atoms with van der Waals surface area (Å²) in [6.07, 6.45) is 2.59. The van der Waals surface area contributed by atoms with Crippen LogP contribution in [0.4, 0.5) is 5.69 Å². The molecule has 1 aliphatic heterocycles. The van der Waals surface area contributed by atoms with E-state index in [2.05, 4.69) is 5.32 Å². The number of esters is 1. The summed E-state index contributed by atoms with van der Waals surface area (Å²) in [5.74, 6) is -0.615. The Morgan fingerprint density at radius 1 is 1.15 bits per heavy atom. The molecule has 0 atom stereocenters. The lowest BCUT2D eigenvalue weighted by molar-refractivity contribution is -0.144. The third kappa shape index (κ3) is 5.67. The van der Waals surface area contributed by atoms with Crippen molar-refractivity contribution in [1.82, 2.24) is 4.31 Å². The highest BCUT2D eigenvalue weighted by Gasteiger charge is 2.29. The summed E-state index contributed by atoms with van der Waals surface area (Å²) >= 11 is 0. The van der Waals surface area contributed by atoms with Crippen molar-refractivity contribution < 1.29 is 27.5 Å². The van der Waals surface area contributed by atoms with Crippen molar-refractivity contribution >= 4 is 27.6 Å². The van der Waals surface area contributed by atoms with Gasteiger partial charge in [-0.3, -0.25) is 9.59 Å². The zero-order chi connectivity index (χ0) is 19.9. The maximum atomic E-state index is 13.0.